The van der Waals surface area contributed by atoms with Gasteiger partial charge < -0.3 is 30.1 Å². The minimum atomic E-state index is -3.78. The fourth-order valence-electron chi connectivity index (χ4n) is 6.04. The van der Waals surface area contributed by atoms with E-state index in [1.165, 1.54) is 90.0 Å². The van der Waals surface area contributed by atoms with Gasteiger partial charge in [0.25, 0.3) is 6.47 Å². The lowest BCUT2D eigenvalue weighted by molar-refractivity contribution is -0.128. The molecule has 0 aromatic heterocycles. The molecule has 0 spiro atoms. The summed E-state index contributed by atoms with van der Waals surface area (Å²) in [5.41, 5.74) is 5.44. The first-order chi connectivity index (χ1) is 27.9. The number of rotatable bonds is 21. The number of likely N-dealkylation sites (N-methyl/N-ethyl adjacent to an activating group) is 3. The average Bonchev–Trinajstić information content (AvgIpc) is 3.20. The van der Waals surface area contributed by atoms with Crippen LogP contribution in [0.1, 0.15) is 44.9 Å². The van der Waals surface area contributed by atoms with Crippen LogP contribution < -0.4 is 5.73 Å². The van der Waals surface area contributed by atoms with Gasteiger partial charge >= 0.3 is 0 Å². The predicted octanol–water partition coefficient (Wildman–Crippen LogP) is 5.14. The molecule has 2 aliphatic heterocycles. The summed E-state index contributed by atoms with van der Waals surface area (Å²) in [5.74, 6) is 0.0869. The van der Waals surface area contributed by atoms with Crippen LogP contribution >= 0.6 is 46.4 Å². The van der Waals surface area contributed by atoms with E-state index in [1.54, 1.807) is 6.07 Å². The highest BCUT2D eigenvalue weighted by atomic mass is 35.5. The molecule has 59 heavy (non-hydrogen) atoms. The van der Waals surface area contributed by atoms with Gasteiger partial charge in [-0.25, -0.2) is 21.1 Å². The molecule has 2 saturated heterocycles. The summed E-state index contributed by atoms with van der Waals surface area (Å²) >= 11 is 23.6. The van der Waals surface area contributed by atoms with Crippen LogP contribution in [0, 0.1) is 0 Å². The van der Waals surface area contributed by atoms with Crippen molar-refractivity contribution in [3.05, 3.63) is 56.5 Å². The van der Waals surface area contributed by atoms with Crippen molar-refractivity contribution in [3.8, 4) is 0 Å². The van der Waals surface area contributed by atoms with Crippen LogP contribution in [0.5, 0.6) is 0 Å². The zero-order valence-corrected chi connectivity index (χ0v) is 39.5. The summed E-state index contributed by atoms with van der Waals surface area (Å²) in [4.78, 5) is 31.7. The zero-order chi connectivity index (χ0) is 44.0. The largest absolute Gasteiger partial charge is 0.466 e. The number of nitrogens with zero attached hydrogens (tertiary/aromatic N) is 6. The first-order valence-corrected chi connectivity index (χ1v) is 24.2. The molecular formula is C39H63Cl4N7O7S2. The molecule has 0 unspecified atom stereocenters. The number of hydrogen-bond acceptors (Lipinski definition) is 12. The third-order valence-corrected chi connectivity index (χ3v) is 15.7. The standard InChI is InChI=1S/C20H31Cl2N3O3S.C10H11Cl2NO4S.C9H21N3/c1-23-13-15-25(16-14-23)11-5-3-4-7-17(26)10-12-24(2)29(27,28)19-9-6-8-18(21)20(19)22;1-13(5-6-17-7-14)18(15,16)9-4-2-3-8(11)10(9)12;1-11-6-8-12(9-7-11)5-3-2-4-10/h6,8-9H,3-5,7,10-16H2,1-2H3;2-4,7H,5-6H2,1H3;2-10H2,1H3. The second kappa shape index (κ2) is 28.1. The van der Waals surface area contributed by atoms with E-state index in [9.17, 15) is 26.4 Å². The molecule has 20 heteroatoms. The Morgan fingerprint density at radius 2 is 1.12 bits per heavy atom. The van der Waals surface area contributed by atoms with E-state index >= 15 is 0 Å². The molecule has 0 radical (unpaired) electrons. The van der Waals surface area contributed by atoms with Crippen molar-refractivity contribution in [1.29, 1.82) is 0 Å². The topological polar surface area (TPSA) is 157 Å². The van der Waals surface area contributed by atoms with E-state index in [0.29, 0.717) is 6.42 Å². The van der Waals surface area contributed by atoms with Gasteiger partial charge in [-0.2, -0.15) is 4.31 Å². The first-order valence-electron chi connectivity index (χ1n) is 19.8. The van der Waals surface area contributed by atoms with E-state index in [4.69, 9.17) is 52.1 Å². The fraction of sp³-hybridized carbons (Fsp3) is 0.641. The van der Waals surface area contributed by atoms with Crippen molar-refractivity contribution in [2.45, 2.75) is 54.7 Å². The zero-order valence-electron chi connectivity index (χ0n) is 34.8. The summed E-state index contributed by atoms with van der Waals surface area (Å²) in [6.45, 7) is 13.0. The Bertz CT molecular complexity index is 1780. The molecule has 4 rings (SSSR count). The molecule has 0 atom stereocenters. The molecule has 0 amide bonds. The number of halogens is 4. The summed E-state index contributed by atoms with van der Waals surface area (Å²) in [7, 11) is -0.373. The molecular weight excluding hydrogens is 884 g/mol. The third-order valence-electron chi connectivity index (χ3n) is 10.1. The summed E-state index contributed by atoms with van der Waals surface area (Å²) in [6, 6.07) is 8.86. The van der Waals surface area contributed by atoms with Crippen LogP contribution in [0.25, 0.3) is 0 Å². The van der Waals surface area contributed by atoms with Gasteiger partial charge in [-0.05, 0) is 83.7 Å². The van der Waals surface area contributed by atoms with E-state index in [1.807, 2.05) is 0 Å². The Hall–Kier alpha value is -1.64. The van der Waals surface area contributed by atoms with Gasteiger partial charge in [0.1, 0.15) is 22.2 Å². The summed E-state index contributed by atoms with van der Waals surface area (Å²) < 4.78 is 56.2. The Kier molecular flexibility index (Phi) is 25.5. The fourth-order valence-corrected chi connectivity index (χ4v) is 9.83. The first kappa shape index (κ1) is 53.5. The number of carbonyl (C=O) groups excluding carboxylic acids is 2. The molecule has 2 N–H and O–H groups in total. The molecule has 2 fully saturated rings. The predicted molar refractivity (Wildman–Crippen MR) is 239 cm³/mol. The molecule has 2 heterocycles. The molecule has 0 saturated carbocycles. The number of ether oxygens (including phenoxy) is 1. The SMILES string of the molecule is CN(CCOC=O)S(=O)(=O)c1cccc(Cl)c1Cl.CN1CCN(CCCCCC(=O)CCN(C)S(=O)(=O)c2cccc(Cl)c2Cl)CC1.CN1CCN(CCCCN)CC1. The second-order valence-corrected chi connectivity index (χ2v) is 20.2. The lowest BCUT2D eigenvalue weighted by Crippen LogP contribution is -2.44. The Morgan fingerprint density at radius 3 is 1.56 bits per heavy atom. The average molecular weight is 948 g/mol. The van der Waals surface area contributed by atoms with Gasteiger partial charge in [-0.1, -0.05) is 65.0 Å². The Morgan fingerprint density at radius 1 is 0.678 bits per heavy atom. The smallest absolute Gasteiger partial charge is 0.293 e. The highest BCUT2D eigenvalue weighted by Crippen LogP contribution is 2.31. The van der Waals surface area contributed by atoms with Crippen molar-refractivity contribution in [1.82, 2.24) is 28.2 Å². The van der Waals surface area contributed by atoms with Gasteiger partial charge in [0.15, 0.2) is 0 Å². The molecule has 2 aromatic rings. The lowest BCUT2D eigenvalue weighted by Gasteiger charge is -2.32. The maximum absolute atomic E-state index is 12.7. The van der Waals surface area contributed by atoms with E-state index < -0.39 is 20.0 Å². The minimum Gasteiger partial charge on any atom is -0.466 e. The molecule has 2 aromatic carbocycles. The minimum absolute atomic E-state index is 0.00712. The molecule has 14 nitrogen and oxygen atoms in total. The monoisotopic (exact) mass is 945 g/mol. The van der Waals surface area contributed by atoms with Crippen molar-refractivity contribution >= 4 is 78.7 Å². The number of benzene rings is 2. The summed E-state index contributed by atoms with van der Waals surface area (Å²) in [5, 5.41) is 0.332. The molecule has 0 bridgehead atoms. The number of hydrogen-bond donors (Lipinski definition) is 1. The van der Waals surface area contributed by atoms with Crippen LogP contribution in [-0.4, -0.2) is 177 Å². The number of carbonyl (C=O) groups is 2. The molecule has 336 valence electrons. The summed E-state index contributed by atoms with van der Waals surface area (Å²) in [6.07, 6.45) is 6.10. The lowest BCUT2D eigenvalue weighted by atomic mass is 10.1. The van der Waals surface area contributed by atoms with Gasteiger partial charge in [0, 0.05) is 92.4 Å². The van der Waals surface area contributed by atoms with Crippen LogP contribution in [-0.2, 0) is 34.4 Å². The molecule has 0 aliphatic carbocycles. The van der Waals surface area contributed by atoms with E-state index in [2.05, 4.69) is 38.4 Å². The highest BCUT2D eigenvalue weighted by Gasteiger charge is 2.26. The van der Waals surface area contributed by atoms with Crippen LogP contribution in [0.2, 0.25) is 20.1 Å². The quantitative estimate of drug-likeness (QED) is 0.130. The van der Waals surface area contributed by atoms with Crippen molar-refractivity contribution in [2.24, 2.45) is 5.73 Å². The normalized spacial score (nSPS) is 16.0. The van der Waals surface area contributed by atoms with Crippen molar-refractivity contribution < 1.29 is 31.2 Å². The van der Waals surface area contributed by atoms with Crippen molar-refractivity contribution in [2.75, 3.05) is 120 Å². The maximum atomic E-state index is 12.7. The Balaban J connectivity index is 0.000000339. The third kappa shape index (κ3) is 19.1. The number of nitrogens with two attached hydrogens (primary N) is 1. The maximum Gasteiger partial charge on any atom is 0.293 e. The number of sulfonamides is 2. The van der Waals surface area contributed by atoms with Crippen LogP contribution in [0.3, 0.4) is 0 Å². The number of unbranched alkanes of at least 4 members (excludes halogenated alkanes) is 3. The van der Waals surface area contributed by atoms with Crippen LogP contribution in [0.4, 0.5) is 0 Å². The van der Waals surface area contributed by atoms with E-state index in [-0.39, 0.29) is 68.3 Å². The second-order valence-electron chi connectivity index (χ2n) is 14.6. The van der Waals surface area contributed by atoms with Gasteiger partial charge in [-0.3, -0.25) is 9.59 Å². The van der Waals surface area contributed by atoms with Gasteiger partial charge in [0.05, 0.1) is 20.1 Å². The molecule has 2 aliphatic rings. The number of ketones is 1. The van der Waals surface area contributed by atoms with Gasteiger partial charge in [0.2, 0.25) is 20.0 Å². The number of piperazine rings is 2. The van der Waals surface area contributed by atoms with Crippen molar-refractivity contribution in [3.63, 3.8) is 0 Å². The van der Waals surface area contributed by atoms with Crippen LogP contribution in [0.15, 0.2) is 46.2 Å². The Labute approximate surface area is 372 Å². The highest BCUT2D eigenvalue weighted by molar-refractivity contribution is 7.89. The van der Waals surface area contributed by atoms with E-state index in [0.717, 1.165) is 67.1 Å². The van der Waals surface area contributed by atoms with Gasteiger partial charge in [-0.15, -0.1) is 0 Å². The number of Topliss-reactive ketones (excluding diaryl/α,β-unsaturated/α-hetero) is 1.